The summed E-state index contributed by atoms with van der Waals surface area (Å²) >= 11 is 0. The highest BCUT2D eigenvalue weighted by molar-refractivity contribution is 6.27. The summed E-state index contributed by atoms with van der Waals surface area (Å²) in [6.07, 6.45) is 5.76. The molecular weight excluding hydrogens is 408 g/mol. The highest BCUT2D eigenvalue weighted by Crippen LogP contribution is 2.39. The first kappa shape index (κ1) is 19.3. The van der Waals surface area contributed by atoms with E-state index in [2.05, 4.69) is 40.2 Å². The number of para-hydroxylation sites is 1. The summed E-state index contributed by atoms with van der Waals surface area (Å²) in [5.41, 5.74) is 6.16. The standard InChI is InChI=1S/C28H20N4O/c1-32(2)19-13-10-17(11-14-19)9-12-18-16-22-20-6-3-4-8-23(20)31-27-24(22)26(30-18)25-21(28(27)33)7-5-15-29-25/h3-16H,1-2H3/b12-9+. The van der Waals surface area contributed by atoms with Crippen LogP contribution >= 0.6 is 0 Å². The summed E-state index contributed by atoms with van der Waals surface area (Å²) in [5, 5.41) is 2.74. The Bertz CT molecular complexity index is 1600. The fourth-order valence-corrected chi connectivity index (χ4v) is 4.38. The average molecular weight is 428 g/mol. The third-order valence-electron chi connectivity index (χ3n) is 6.05. The maximum absolute atomic E-state index is 13.3. The van der Waals surface area contributed by atoms with Gasteiger partial charge >= 0.3 is 0 Å². The molecule has 6 rings (SSSR count). The van der Waals surface area contributed by atoms with Crippen molar-refractivity contribution in [3.8, 4) is 11.4 Å². The summed E-state index contributed by atoms with van der Waals surface area (Å²) in [5.74, 6) is -0.104. The van der Waals surface area contributed by atoms with Gasteiger partial charge in [-0.05, 0) is 53.4 Å². The van der Waals surface area contributed by atoms with Gasteiger partial charge in [-0.1, -0.05) is 36.4 Å². The van der Waals surface area contributed by atoms with Gasteiger partial charge in [0.05, 0.1) is 16.8 Å². The minimum Gasteiger partial charge on any atom is -0.378 e. The lowest BCUT2D eigenvalue weighted by atomic mass is 9.90. The summed E-state index contributed by atoms with van der Waals surface area (Å²) < 4.78 is 0. The molecule has 0 fully saturated rings. The zero-order valence-corrected chi connectivity index (χ0v) is 18.3. The molecule has 158 valence electrons. The fourth-order valence-electron chi connectivity index (χ4n) is 4.38. The highest BCUT2D eigenvalue weighted by atomic mass is 16.1. The maximum Gasteiger partial charge on any atom is 0.214 e. The molecule has 0 atom stereocenters. The SMILES string of the molecule is CN(C)c1ccc(/C=C/c2cc3c4c(nc5ccccc53)C(=O)c3cccnc3-c4n2)cc1. The molecule has 5 nitrogen and oxygen atoms in total. The Balaban J connectivity index is 1.59. The van der Waals surface area contributed by atoms with E-state index in [1.807, 2.05) is 50.5 Å². The predicted molar refractivity (Wildman–Crippen MR) is 133 cm³/mol. The van der Waals surface area contributed by atoms with E-state index in [4.69, 9.17) is 9.97 Å². The molecule has 0 radical (unpaired) electrons. The lowest BCUT2D eigenvalue weighted by Crippen LogP contribution is -2.14. The van der Waals surface area contributed by atoms with Crippen LogP contribution in [0.25, 0.3) is 45.2 Å². The lowest BCUT2D eigenvalue weighted by molar-refractivity contribution is 0.103. The van der Waals surface area contributed by atoms with Gasteiger partial charge in [-0.25, -0.2) is 9.97 Å². The van der Waals surface area contributed by atoms with Gasteiger partial charge in [0.15, 0.2) is 0 Å². The molecule has 0 amide bonds. The number of hydrogen-bond donors (Lipinski definition) is 0. The minimum absolute atomic E-state index is 0.104. The largest absolute Gasteiger partial charge is 0.378 e. The van der Waals surface area contributed by atoms with Crippen LogP contribution in [0.4, 0.5) is 5.69 Å². The van der Waals surface area contributed by atoms with E-state index in [0.717, 1.165) is 38.6 Å². The molecule has 0 N–H and O–H groups in total. The Morgan fingerprint density at radius 1 is 0.788 bits per heavy atom. The zero-order valence-electron chi connectivity index (χ0n) is 18.3. The number of aromatic nitrogens is 3. The number of hydrogen-bond acceptors (Lipinski definition) is 5. The van der Waals surface area contributed by atoms with E-state index in [-0.39, 0.29) is 5.78 Å². The van der Waals surface area contributed by atoms with Crippen LogP contribution in [0.5, 0.6) is 0 Å². The van der Waals surface area contributed by atoms with Crippen molar-refractivity contribution in [3.05, 3.63) is 95.4 Å². The summed E-state index contributed by atoms with van der Waals surface area (Å²) in [7, 11) is 4.05. The van der Waals surface area contributed by atoms with Crippen molar-refractivity contribution in [3.63, 3.8) is 0 Å². The first-order valence-corrected chi connectivity index (χ1v) is 10.8. The van der Waals surface area contributed by atoms with Gasteiger partial charge in [0, 0.05) is 36.8 Å². The number of rotatable bonds is 3. The second-order valence-corrected chi connectivity index (χ2v) is 8.34. The van der Waals surface area contributed by atoms with Crippen molar-refractivity contribution in [2.45, 2.75) is 0 Å². The molecule has 0 unspecified atom stereocenters. The van der Waals surface area contributed by atoms with Crippen LogP contribution in [0.1, 0.15) is 27.3 Å². The molecule has 1 aliphatic rings. The molecule has 2 aromatic carbocycles. The van der Waals surface area contributed by atoms with Crippen molar-refractivity contribution < 1.29 is 4.79 Å². The first-order chi connectivity index (χ1) is 16.1. The number of fused-ring (bicyclic) bond motifs is 4. The van der Waals surface area contributed by atoms with E-state index in [1.54, 1.807) is 18.3 Å². The average Bonchev–Trinajstić information content (AvgIpc) is 2.86. The van der Waals surface area contributed by atoms with Gasteiger partial charge in [-0.2, -0.15) is 0 Å². The molecule has 1 aliphatic carbocycles. The Hall–Kier alpha value is -4.38. The van der Waals surface area contributed by atoms with Crippen LogP contribution in [0.2, 0.25) is 0 Å². The number of pyridine rings is 3. The molecule has 0 saturated heterocycles. The van der Waals surface area contributed by atoms with Gasteiger partial charge in [0.1, 0.15) is 17.1 Å². The fraction of sp³-hybridized carbons (Fsp3) is 0.0714. The summed E-state index contributed by atoms with van der Waals surface area (Å²) in [6.45, 7) is 0. The summed E-state index contributed by atoms with van der Waals surface area (Å²) in [6, 6.07) is 21.9. The van der Waals surface area contributed by atoms with Crippen molar-refractivity contribution in [2.24, 2.45) is 0 Å². The van der Waals surface area contributed by atoms with Crippen molar-refractivity contribution >= 4 is 45.3 Å². The maximum atomic E-state index is 13.3. The van der Waals surface area contributed by atoms with Gasteiger partial charge in [0.2, 0.25) is 5.78 Å². The van der Waals surface area contributed by atoms with Gasteiger partial charge in [0.25, 0.3) is 0 Å². The normalized spacial score (nSPS) is 12.5. The Morgan fingerprint density at radius 2 is 1.61 bits per heavy atom. The number of nitrogens with zero attached hydrogens (tertiary/aromatic N) is 4. The van der Waals surface area contributed by atoms with Crippen LogP contribution in [0.3, 0.4) is 0 Å². The van der Waals surface area contributed by atoms with E-state index in [1.165, 1.54) is 0 Å². The smallest absolute Gasteiger partial charge is 0.214 e. The van der Waals surface area contributed by atoms with Gasteiger partial charge in [-0.15, -0.1) is 0 Å². The molecule has 3 heterocycles. The monoisotopic (exact) mass is 428 g/mol. The molecule has 0 aliphatic heterocycles. The molecular formula is C28H20N4O. The minimum atomic E-state index is -0.104. The van der Waals surface area contributed by atoms with Crippen LogP contribution < -0.4 is 4.90 Å². The van der Waals surface area contributed by atoms with Crippen molar-refractivity contribution in [2.75, 3.05) is 19.0 Å². The molecule has 5 heteroatoms. The van der Waals surface area contributed by atoms with Crippen molar-refractivity contribution in [1.82, 2.24) is 15.0 Å². The van der Waals surface area contributed by atoms with E-state index >= 15 is 0 Å². The van der Waals surface area contributed by atoms with Crippen LogP contribution in [0, 0.1) is 0 Å². The van der Waals surface area contributed by atoms with Crippen LogP contribution in [-0.2, 0) is 0 Å². The lowest BCUT2D eigenvalue weighted by Gasteiger charge is -2.19. The van der Waals surface area contributed by atoms with Gasteiger partial charge < -0.3 is 4.90 Å². The third-order valence-corrected chi connectivity index (χ3v) is 6.05. The number of ketones is 1. The molecule has 0 spiro atoms. The van der Waals surface area contributed by atoms with E-state index < -0.39 is 0 Å². The molecule has 5 aromatic rings. The number of carbonyl (C=O) groups is 1. The zero-order chi connectivity index (χ0) is 22.5. The molecule has 0 saturated carbocycles. The van der Waals surface area contributed by atoms with Crippen LogP contribution in [0.15, 0.2) is 72.9 Å². The number of anilines is 1. The number of carbonyl (C=O) groups excluding carboxylic acids is 1. The molecule has 3 aromatic heterocycles. The topological polar surface area (TPSA) is 59.0 Å². The number of benzene rings is 2. The molecule has 33 heavy (non-hydrogen) atoms. The highest BCUT2D eigenvalue weighted by Gasteiger charge is 2.29. The van der Waals surface area contributed by atoms with E-state index in [0.29, 0.717) is 22.6 Å². The predicted octanol–water partition coefficient (Wildman–Crippen LogP) is 5.63. The summed E-state index contributed by atoms with van der Waals surface area (Å²) in [4.78, 5) is 29.5. The third kappa shape index (κ3) is 3.09. The Kier molecular flexibility index (Phi) is 4.30. The quantitative estimate of drug-likeness (QED) is 0.342. The second-order valence-electron chi connectivity index (χ2n) is 8.34. The van der Waals surface area contributed by atoms with E-state index in [9.17, 15) is 4.79 Å². The molecule has 0 bridgehead atoms. The Labute approximate surface area is 191 Å². The second kappa shape index (κ2) is 7.35. The van der Waals surface area contributed by atoms with Crippen molar-refractivity contribution in [1.29, 1.82) is 0 Å². The first-order valence-electron chi connectivity index (χ1n) is 10.8. The van der Waals surface area contributed by atoms with Crippen LogP contribution in [-0.4, -0.2) is 34.8 Å². The Morgan fingerprint density at radius 3 is 2.42 bits per heavy atom. The van der Waals surface area contributed by atoms with Gasteiger partial charge in [-0.3, -0.25) is 9.78 Å².